The third-order valence-electron chi connectivity index (χ3n) is 3.48. The van der Waals surface area contributed by atoms with Crippen molar-refractivity contribution in [2.45, 2.75) is 51.9 Å². The molecule has 0 amide bonds. The molecule has 0 bridgehead atoms. The van der Waals surface area contributed by atoms with Gasteiger partial charge in [-0.2, -0.15) is 0 Å². The van der Waals surface area contributed by atoms with Crippen LogP contribution in [0.15, 0.2) is 18.2 Å². The lowest BCUT2D eigenvalue weighted by Gasteiger charge is -2.48. The molecule has 1 N–H and O–H groups in total. The summed E-state index contributed by atoms with van der Waals surface area (Å²) in [6.45, 7) is 11.3. The number of hydrogen-bond donors (Lipinski definition) is 1. The Morgan fingerprint density at radius 1 is 1.20 bits per heavy atom. The van der Waals surface area contributed by atoms with E-state index in [-0.39, 0.29) is 17.0 Å². The summed E-state index contributed by atoms with van der Waals surface area (Å²) in [4.78, 5) is 2.17. The highest BCUT2D eigenvalue weighted by atomic mass is 19.1. The topological polar surface area (TPSA) is 32.7 Å². The minimum absolute atomic E-state index is 0.286. The number of aliphatic hydroxyl groups excluding tert-OH is 1. The van der Waals surface area contributed by atoms with Crippen molar-refractivity contribution in [1.82, 2.24) is 0 Å². The van der Waals surface area contributed by atoms with Gasteiger partial charge in [0.1, 0.15) is 5.82 Å². The SMILES string of the molecule is C[C@@H](O)c1cc(F)ccc1N1CC(C)(C)OC(C)(C)C1. The van der Waals surface area contributed by atoms with Crippen LogP contribution >= 0.6 is 0 Å². The molecule has 1 saturated heterocycles. The van der Waals surface area contributed by atoms with Gasteiger partial charge < -0.3 is 14.7 Å². The van der Waals surface area contributed by atoms with Crippen LogP contribution in [-0.4, -0.2) is 29.4 Å². The summed E-state index contributed by atoms with van der Waals surface area (Å²) in [7, 11) is 0. The molecule has 1 aliphatic heterocycles. The highest BCUT2D eigenvalue weighted by molar-refractivity contribution is 5.55. The van der Waals surface area contributed by atoms with Crippen molar-refractivity contribution in [3.63, 3.8) is 0 Å². The number of halogens is 1. The van der Waals surface area contributed by atoms with Crippen LogP contribution in [0.2, 0.25) is 0 Å². The lowest BCUT2D eigenvalue weighted by Crippen LogP contribution is -2.57. The minimum Gasteiger partial charge on any atom is -0.389 e. The van der Waals surface area contributed by atoms with Gasteiger partial charge in [0.15, 0.2) is 0 Å². The van der Waals surface area contributed by atoms with E-state index in [2.05, 4.69) is 4.90 Å². The zero-order valence-electron chi connectivity index (χ0n) is 12.9. The van der Waals surface area contributed by atoms with Crippen molar-refractivity contribution in [2.75, 3.05) is 18.0 Å². The molecule has 0 unspecified atom stereocenters. The fraction of sp³-hybridized carbons (Fsp3) is 0.625. The summed E-state index contributed by atoms with van der Waals surface area (Å²) >= 11 is 0. The maximum atomic E-state index is 13.4. The van der Waals surface area contributed by atoms with Gasteiger partial charge in [0, 0.05) is 24.3 Å². The molecule has 0 spiro atoms. The van der Waals surface area contributed by atoms with Crippen molar-refractivity contribution in [3.05, 3.63) is 29.6 Å². The van der Waals surface area contributed by atoms with E-state index in [0.29, 0.717) is 18.7 Å². The van der Waals surface area contributed by atoms with Gasteiger partial charge in [0.2, 0.25) is 0 Å². The van der Waals surface area contributed by atoms with Crippen LogP contribution in [0.4, 0.5) is 10.1 Å². The third-order valence-corrected chi connectivity index (χ3v) is 3.48. The Morgan fingerprint density at radius 2 is 1.75 bits per heavy atom. The smallest absolute Gasteiger partial charge is 0.123 e. The zero-order valence-corrected chi connectivity index (χ0v) is 12.9. The largest absolute Gasteiger partial charge is 0.389 e. The fourth-order valence-electron chi connectivity index (χ4n) is 3.11. The standard InChI is InChI=1S/C16H24FNO2/c1-11(19)13-8-12(17)6-7-14(13)18-9-15(2,3)20-16(4,5)10-18/h6-8,11,19H,9-10H2,1-5H3/t11-/m1/s1. The molecule has 1 heterocycles. The molecule has 1 aromatic rings. The number of hydrogen-bond acceptors (Lipinski definition) is 3. The first kappa shape index (κ1) is 15.3. The van der Waals surface area contributed by atoms with E-state index in [9.17, 15) is 9.50 Å². The predicted molar refractivity (Wildman–Crippen MR) is 78.5 cm³/mol. The van der Waals surface area contributed by atoms with Crippen LogP contribution in [0.25, 0.3) is 0 Å². The first-order valence-electron chi connectivity index (χ1n) is 7.02. The number of morpholine rings is 1. The second-order valence-electron chi connectivity index (χ2n) is 6.86. The van der Waals surface area contributed by atoms with Crippen molar-refractivity contribution in [3.8, 4) is 0 Å². The number of nitrogens with zero attached hydrogens (tertiary/aromatic N) is 1. The normalized spacial score (nSPS) is 22.6. The van der Waals surface area contributed by atoms with Crippen molar-refractivity contribution < 1.29 is 14.2 Å². The van der Waals surface area contributed by atoms with E-state index >= 15 is 0 Å². The highest BCUT2D eigenvalue weighted by Gasteiger charge is 2.38. The fourth-order valence-corrected chi connectivity index (χ4v) is 3.11. The maximum Gasteiger partial charge on any atom is 0.123 e. The van der Waals surface area contributed by atoms with Gasteiger partial charge in [-0.05, 0) is 52.8 Å². The molecule has 0 aliphatic carbocycles. The maximum absolute atomic E-state index is 13.4. The van der Waals surface area contributed by atoms with E-state index in [1.807, 2.05) is 27.7 Å². The summed E-state index contributed by atoms with van der Waals surface area (Å²) in [5, 5.41) is 9.90. The van der Waals surface area contributed by atoms with Crippen molar-refractivity contribution in [2.24, 2.45) is 0 Å². The Morgan fingerprint density at radius 3 is 2.25 bits per heavy atom. The quantitative estimate of drug-likeness (QED) is 0.903. The monoisotopic (exact) mass is 281 g/mol. The van der Waals surface area contributed by atoms with Crippen LogP contribution in [0.3, 0.4) is 0 Å². The lowest BCUT2D eigenvalue weighted by molar-refractivity contribution is -0.133. The Bertz CT molecular complexity index is 481. The van der Waals surface area contributed by atoms with E-state index in [1.54, 1.807) is 13.0 Å². The van der Waals surface area contributed by atoms with Gasteiger partial charge >= 0.3 is 0 Å². The molecule has 20 heavy (non-hydrogen) atoms. The molecule has 0 saturated carbocycles. The molecule has 3 nitrogen and oxygen atoms in total. The molecular formula is C16H24FNO2. The zero-order chi connectivity index (χ0) is 15.1. The summed E-state index contributed by atoms with van der Waals surface area (Å²) in [5.74, 6) is -0.323. The second-order valence-corrected chi connectivity index (χ2v) is 6.86. The lowest BCUT2D eigenvalue weighted by atomic mass is 9.96. The average Bonchev–Trinajstić information content (AvgIpc) is 2.24. The van der Waals surface area contributed by atoms with E-state index in [0.717, 1.165) is 5.69 Å². The molecule has 2 rings (SSSR count). The molecular weight excluding hydrogens is 257 g/mol. The van der Waals surface area contributed by atoms with Crippen LogP contribution in [-0.2, 0) is 4.74 Å². The Kier molecular flexibility index (Phi) is 3.82. The number of ether oxygens (including phenoxy) is 1. The third kappa shape index (κ3) is 3.30. The number of rotatable bonds is 2. The van der Waals surface area contributed by atoms with Gasteiger partial charge in [-0.25, -0.2) is 4.39 Å². The van der Waals surface area contributed by atoms with Crippen molar-refractivity contribution in [1.29, 1.82) is 0 Å². The molecule has 0 aromatic heterocycles. The number of benzene rings is 1. The summed E-state index contributed by atoms with van der Waals surface area (Å²) in [6.07, 6.45) is -0.699. The van der Waals surface area contributed by atoms with Crippen molar-refractivity contribution >= 4 is 5.69 Å². The minimum atomic E-state index is -0.699. The van der Waals surface area contributed by atoms with Gasteiger partial charge in [-0.15, -0.1) is 0 Å². The second kappa shape index (κ2) is 5.01. The van der Waals surface area contributed by atoms with Gasteiger partial charge in [-0.3, -0.25) is 0 Å². The predicted octanol–water partition coefficient (Wildman–Crippen LogP) is 3.27. The van der Waals surface area contributed by atoms with Gasteiger partial charge in [-0.1, -0.05) is 0 Å². The van der Waals surface area contributed by atoms with Crippen LogP contribution in [0, 0.1) is 5.82 Å². The highest BCUT2D eigenvalue weighted by Crippen LogP contribution is 2.35. The number of aliphatic hydroxyl groups is 1. The first-order chi connectivity index (χ1) is 9.10. The average molecular weight is 281 g/mol. The van der Waals surface area contributed by atoms with Crippen LogP contribution in [0.5, 0.6) is 0 Å². The molecule has 1 atom stereocenters. The molecule has 1 aliphatic rings. The van der Waals surface area contributed by atoms with E-state index in [4.69, 9.17) is 4.74 Å². The Balaban J connectivity index is 2.40. The van der Waals surface area contributed by atoms with Crippen LogP contribution < -0.4 is 4.90 Å². The Hall–Kier alpha value is -1.13. The molecule has 1 aromatic carbocycles. The van der Waals surface area contributed by atoms with Gasteiger partial charge in [0.05, 0.1) is 17.3 Å². The Labute approximate surface area is 120 Å². The van der Waals surface area contributed by atoms with Gasteiger partial charge in [0.25, 0.3) is 0 Å². The summed E-state index contributed by atoms with van der Waals surface area (Å²) in [5.41, 5.74) is 0.933. The van der Waals surface area contributed by atoms with E-state index in [1.165, 1.54) is 12.1 Å². The van der Waals surface area contributed by atoms with Crippen LogP contribution in [0.1, 0.15) is 46.3 Å². The molecule has 0 radical (unpaired) electrons. The number of anilines is 1. The first-order valence-corrected chi connectivity index (χ1v) is 7.02. The van der Waals surface area contributed by atoms with E-state index < -0.39 is 6.10 Å². The molecule has 4 heteroatoms. The molecule has 1 fully saturated rings. The molecule has 112 valence electrons. The summed E-state index contributed by atoms with van der Waals surface area (Å²) in [6, 6.07) is 4.60. The summed E-state index contributed by atoms with van der Waals surface area (Å²) < 4.78 is 19.5.